The first-order valence-corrected chi connectivity index (χ1v) is 3.18. The molecule has 0 radical (unpaired) electrons. The highest BCUT2D eigenvalue weighted by Gasteiger charge is 1.89. The molecule has 4 nitrogen and oxygen atoms in total. The van der Waals surface area contributed by atoms with Gasteiger partial charge >= 0.3 is 4.24 Å². The third-order valence-electron chi connectivity index (χ3n) is 0.341. The van der Waals surface area contributed by atoms with Gasteiger partial charge in [0.15, 0.2) is 0 Å². The molecule has 0 saturated heterocycles. The number of rotatable bonds is 3. The molecule has 0 amide bonds. The molecule has 0 aliphatic heterocycles. The van der Waals surface area contributed by atoms with Crippen LogP contribution in [0.15, 0.2) is 0 Å². The summed E-state index contributed by atoms with van der Waals surface area (Å²) in [5.74, 6) is -0.844. The lowest BCUT2D eigenvalue weighted by Crippen LogP contribution is -2.53. The van der Waals surface area contributed by atoms with Crippen LogP contribution in [0.5, 0.6) is 0 Å². The van der Waals surface area contributed by atoms with E-state index in [1.807, 2.05) is 0 Å². The van der Waals surface area contributed by atoms with Gasteiger partial charge < -0.3 is 10.3 Å². The quantitative estimate of drug-likeness (QED) is 0.437. The van der Waals surface area contributed by atoms with E-state index in [0.717, 1.165) is 0 Å². The zero-order chi connectivity index (χ0) is 8.41. The van der Waals surface area contributed by atoms with Crippen molar-refractivity contribution in [3.05, 3.63) is 0 Å². The Morgan fingerprint density at radius 3 is 2.57 bits per heavy atom. The summed E-state index contributed by atoms with van der Waals surface area (Å²) in [6.45, 7) is -0.633. The fourth-order valence-corrected chi connectivity index (χ4v) is 0.335. The molecule has 0 rings (SSSR count). The van der Waals surface area contributed by atoms with Crippen LogP contribution in [0, 0.1) is 0 Å². The highest BCUT2D eigenvalue weighted by Crippen LogP contribution is 1.73. The lowest BCUT2D eigenvalue weighted by atomic mass is 10.8. The topological polar surface area (TPSA) is 84.8 Å². The van der Waals surface area contributed by atoms with Crippen LogP contribution in [0.25, 0.3) is 0 Å². The number of hydrogen-bond acceptors (Lipinski definition) is 3. The standard InChI is InChI=1S/C2H7NO3S/c3-1-2-7(4,5)6/h1-3H2,(H,4,5,6)/i/hD3. The highest BCUT2D eigenvalue weighted by molar-refractivity contribution is 7.85. The second-order valence-corrected chi connectivity index (χ2v) is 2.51. The van der Waals surface area contributed by atoms with Crippen LogP contribution in [0.1, 0.15) is 0 Å². The summed E-state index contributed by atoms with van der Waals surface area (Å²) < 4.78 is 49.0. The summed E-state index contributed by atoms with van der Waals surface area (Å²) in [7, 11) is -4.38. The van der Waals surface area contributed by atoms with Crippen LogP contribution in [0.2, 0.25) is 4.24 Å². The Labute approximate surface area is 46.5 Å². The molecular formula is C2H7NO3S. The van der Waals surface area contributed by atoms with E-state index in [-0.39, 0.29) is 0 Å². The second kappa shape index (κ2) is 2.25. The number of hydrogen-bond donors (Lipinski definition) is 1. The monoisotopic (exact) mass is 128 g/mol. The normalized spacial score (nSPS) is 19.9. The van der Waals surface area contributed by atoms with Crippen molar-refractivity contribution < 1.29 is 22.9 Å². The molecular weight excluding hydrogens is 118 g/mol. The Balaban J connectivity index is 3.79. The van der Waals surface area contributed by atoms with Gasteiger partial charge in [0.2, 0.25) is 0 Å². The molecule has 0 aliphatic carbocycles. The van der Waals surface area contributed by atoms with Crippen LogP contribution in [0.3, 0.4) is 0 Å². The molecule has 0 aliphatic rings. The largest absolute Gasteiger partial charge is 0.748 e. The summed E-state index contributed by atoms with van der Waals surface area (Å²) in [6.07, 6.45) is 0. The Morgan fingerprint density at radius 1 is 1.86 bits per heavy atom. The zero-order valence-electron chi connectivity index (χ0n) is 6.49. The van der Waals surface area contributed by atoms with Gasteiger partial charge in [-0.1, -0.05) is 0 Å². The minimum Gasteiger partial charge on any atom is -0.748 e. The van der Waals surface area contributed by atoms with Crippen LogP contribution in [-0.2, 0) is 10.1 Å². The lowest BCUT2D eigenvalue weighted by molar-refractivity contribution is -0.360. The van der Waals surface area contributed by atoms with Gasteiger partial charge in [0.25, 0.3) is 0 Å². The summed E-state index contributed by atoms with van der Waals surface area (Å²) in [6, 6.07) is 0. The maximum atomic E-state index is 9.86. The smallest absolute Gasteiger partial charge is 0.344 e. The van der Waals surface area contributed by atoms with Crippen molar-refractivity contribution in [1.82, 2.24) is 0 Å². The van der Waals surface area contributed by atoms with Crippen molar-refractivity contribution in [2.24, 2.45) is 0 Å². The summed E-state index contributed by atoms with van der Waals surface area (Å²) in [5, 5.41) is 0. The van der Waals surface area contributed by atoms with E-state index in [2.05, 4.69) is 0 Å². The molecule has 0 aromatic heterocycles. The SMILES string of the molecule is [2H][N+]([2H])([2H])CCS(=O)(=O)[O-]. The van der Waals surface area contributed by atoms with Gasteiger partial charge in [0.1, 0.15) is 10.1 Å². The van der Waals surface area contributed by atoms with Crippen molar-refractivity contribution >= 4 is 10.1 Å². The fraction of sp³-hybridized carbons (Fsp3) is 1.00. The first-order valence-electron chi connectivity index (χ1n) is 2.95. The predicted molar refractivity (Wildman–Crippen MR) is 22.3 cm³/mol. The Hall–Kier alpha value is -0.130. The van der Waals surface area contributed by atoms with E-state index < -0.39 is 28.1 Å². The number of quaternary nitrogens is 1. The summed E-state index contributed by atoms with van der Waals surface area (Å²) >= 11 is 0. The molecule has 0 saturated carbocycles. The van der Waals surface area contributed by atoms with Gasteiger partial charge in [0, 0.05) is 0 Å². The van der Waals surface area contributed by atoms with Gasteiger partial charge in [-0.3, -0.25) is 0 Å². The average Bonchev–Trinajstić information content (AvgIpc) is 1.57. The minimum absolute atomic E-state index is 0.633. The van der Waals surface area contributed by atoms with E-state index in [1.54, 1.807) is 0 Å². The molecule has 0 bridgehead atoms. The third kappa shape index (κ3) is 5.87. The molecule has 44 valence electrons. The molecule has 0 aromatic rings. The van der Waals surface area contributed by atoms with Crippen LogP contribution in [-0.4, -0.2) is 25.3 Å². The summed E-state index contributed by atoms with van der Waals surface area (Å²) in [4.78, 5) is 0. The van der Waals surface area contributed by atoms with Gasteiger partial charge in [-0.15, -0.1) is 0 Å². The maximum absolute atomic E-state index is 9.86. The van der Waals surface area contributed by atoms with E-state index in [9.17, 15) is 13.0 Å². The molecule has 0 unspecified atom stereocenters. The molecule has 3 N–H and O–H groups in total. The van der Waals surface area contributed by atoms with E-state index in [1.165, 1.54) is 0 Å². The second-order valence-electron chi connectivity index (χ2n) is 0.985. The Morgan fingerprint density at radius 2 is 2.43 bits per heavy atom. The first-order chi connectivity index (χ1) is 4.21. The Kier molecular flexibility index (Phi) is 0.966. The van der Waals surface area contributed by atoms with E-state index in [0.29, 0.717) is 0 Å². The van der Waals surface area contributed by atoms with Gasteiger partial charge in [-0.2, -0.15) is 0 Å². The predicted octanol–water partition coefficient (Wildman–Crippen LogP) is -2.23. The van der Waals surface area contributed by atoms with Crippen molar-refractivity contribution in [2.45, 2.75) is 0 Å². The molecule has 0 fully saturated rings. The van der Waals surface area contributed by atoms with Crippen molar-refractivity contribution in [1.29, 1.82) is 0 Å². The van der Waals surface area contributed by atoms with Gasteiger partial charge in [-0.25, -0.2) is 8.42 Å². The van der Waals surface area contributed by atoms with Crippen LogP contribution < -0.4 is 5.71 Å². The maximum Gasteiger partial charge on any atom is 0.344 e. The van der Waals surface area contributed by atoms with Gasteiger partial charge in [-0.05, 0) is 0 Å². The van der Waals surface area contributed by atoms with Gasteiger partial charge in [0.05, 0.1) is 12.3 Å². The molecule has 5 heteroatoms. The Bertz CT molecular complexity index is 194. The lowest BCUT2D eigenvalue weighted by Gasteiger charge is -1.99. The van der Waals surface area contributed by atoms with Crippen LogP contribution in [0.4, 0.5) is 0 Å². The third-order valence-corrected chi connectivity index (χ3v) is 1.02. The van der Waals surface area contributed by atoms with Crippen molar-refractivity contribution in [3.8, 4) is 0 Å². The zero-order valence-corrected chi connectivity index (χ0v) is 4.31. The average molecular weight is 128 g/mol. The highest BCUT2D eigenvalue weighted by atomic mass is 32.2. The fourth-order valence-electron chi connectivity index (χ4n) is 0.112. The van der Waals surface area contributed by atoms with E-state index >= 15 is 0 Å². The molecule has 7 heavy (non-hydrogen) atoms. The molecule has 0 spiro atoms. The van der Waals surface area contributed by atoms with Crippen LogP contribution >= 0.6 is 0 Å². The van der Waals surface area contributed by atoms with Crippen molar-refractivity contribution in [2.75, 3.05) is 12.3 Å². The molecule has 0 aromatic carbocycles. The summed E-state index contributed by atoms with van der Waals surface area (Å²) in [5.41, 5.74) is -1.75. The van der Waals surface area contributed by atoms with E-state index in [4.69, 9.17) is 4.24 Å². The minimum atomic E-state index is -4.38. The first kappa shape index (κ1) is 3.01. The molecule has 0 heterocycles. The van der Waals surface area contributed by atoms with Crippen molar-refractivity contribution in [3.63, 3.8) is 0 Å². The molecule has 0 atom stereocenters.